The summed E-state index contributed by atoms with van der Waals surface area (Å²) < 4.78 is 5.97. The van der Waals surface area contributed by atoms with Gasteiger partial charge in [-0.3, -0.25) is 9.78 Å². The van der Waals surface area contributed by atoms with Gasteiger partial charge in [0, 0.05) is 22.9 Å². The highest BCUT2D eigenvalue weighted by Crippen LogP contribution is 2.38. The summed E-state index contributed by atoms with van der Waals surface area (Å²) in [5, 5.41) is 9.97. The SMILES string of the molecule is C=C(OCC(CC)CCCC)/C(C#N)=C1\c2ccccc2C(=O)c2cccnc21. The number of hydrogen-bond donors (Lipinski definition) is 0. The molecule has 4 heteroatoms. The number of carbonyl (C=O) groups excluding carboxylic acids is 1. The second kappa shape index (κ2) is 9.34. The topological polar surface area (TPSA) is 63.0 Å². The molecule has 148 valence electrons. The van der Waals surface area contributed by atoms with Gasteiger partial charge in [-0.05, 0) is 30.0 Å². The Hall–Kier alpha value is -3.19. The maximum atomic E-state index is 12.9. The monoisotopic (exact) mass is 386 g/mol. The van der Waals surface area contributed by atoms with Crippen molar-refractivity contribution in [3.8, 4) is 6.07 Å². The van der Waals surface area contributed by atoms with Gasteiger partial charge >= 0.3 is 0 Å². The Bertz CT molecular complexity index is 946. The molecule has 0 aliphatic heterocycles. The summed E-state index contributed by atoms with van der Waals surface area (Å²) in [5.74, 6) is 0.683. The number of ketones is 1. The maximum Gasteiger partial charge on any atom is 0.195 e. The lowest BCUT2D eigenvalue weighted by molar-refractivity contribution is 0.103. The molecule has 3 rings (SSSR count). The van der Waals surface area contributed by atoms with Crippen molar-refractivity contribution in [1.82, 2.24) is 4.98 Å². The molecule has 29 heavy (non-hydrogen) atoms. The third-order valence-corrected chi connectivity index (χ3v) is 5.41. The zero-order valence-corrected chi connectivity index (χ0v) is 17.1. The van der Waals surface area contributed by atoms with Crippen LogP contribution in [0.15, 0.2) is 60.5 Å². The van der Waals surface area contributed by atoms with Crippen LogP contribution in [0.1, 0.15) is 66.7 Å². The van der Waals surface area contributed by atoms with Crippen LogP contribution in [0.2, 0.25) is 0 Å². The van der Waals surface area contributed by atoms with E-state index in [1.807, 2.05) is 18.2 Å². The number of benzene rings is 1. The van der Waals surface area contributed by atoms with E-state index in [2.05, 4.69) is 31.5 Å². The standard InChI is InChI=1S/C25H26N2O2/c1-4-6-10-18(5-2)16-29-17(3)22(15-26)23-19-11-7-8-12-20(19)25(28)21-13-9-14-27-24(21)23/h7-9,11-14,18H,3-6,10,16H2,1-2H3/b23-22+. The Morgan fingerprint density at radius 2 is 1.90 bits per heavy atom. The van der Waals surface area contributed by atoms with Crippen molar-refractivity contribution < 1.29 is 9.53 Å². The van der Waals surface area contributed by atoms with Crippen LogP contribution >= 0.6 is 0 Å². The van der Waals surface area contributed by atoms with Gasteiger partial charge in [-0.25, -0.2) is 0 Å². The Balaban J connectivity index is 2.02. The van der Waals surface area contributed by atoms with Crippen LogP contribution in [-0.2, 0) is 4.74 Å². The molecule has 1 aliphatic carbocycles. The molecule has 0 spiro atoms. The lowest BCUT2D eigenvalue weighted by atomic mass is 9.82. The van der Waals surface area contributed by atoms with Crippen molar-refractivity contribution in [2.45, 2.75) is 39.5 Å². The molecular weight excluding hydrogens is 360 g/mol. The van der Waals surface area contributed by atoms with Crippen molar-refractivity contribution in [1.29, 1.82) is 5.26 Å². The van der Waals surface area contributed by atoms with Gasteiger partial charge in [0.1, 0.15) is 17.4 Å². The lowest BCUT2D eigenvalue weighted by Gasteiger charge is -2.23. The number of hydrogen-bond acceptors (Lipinski definition) is 4. The molecule has 1 aliphatic rings. The van der Waals surface area contributed by atoms with E-state index < -0.39 is 0 Å². The molecule has 0 amide bonds. The number of nitrogens with zero attached hydrogens (tertiary/aromatic N) is 2. The van der Waals surface area contributed by atoms with Crippen LogP contribution < -0.4 is 0 Å². The Labute approximate surface area is 172 Å². The van der Waals surface area contributed by atoms with Crippen molar-refractivity contribution in [2.24, 2.45) is 5.92 Å². The number of ether oxygens (including phenoxy) is 1. The Kier molecular flexibility index (Phi) is 6.61. The van der Waals surface area contributed by atoms with Crippen LogP contribution in [0.4, 0.5) is 0 Å². The minimum absolute atomic E-state index is 0.0816. The first kappa shape index (κ1) is 20.5. The predicted octanol–water partition coefficient (Wildman–Crippen LogP) is 5.70. The van der Waals surface area contributed by atoms with Gasteiger partial charge in [-0.1, -0.05) is 64.0 Å². The third kappa shape index (κ3) is 4.14. The second-order valence-corrected chi connectivity index (χ2v) is 7.29. The van der Waals surface area contributed by atoms with Crippen molar-refractivity contribution in [2.75, 3.05) is 6.61 Å². The van der Waals surface area contributed by atoms with E-state index in [9.17, 15) is 10.1 Å². The fourth-order valence-corrected chi connectivity index (χ4v) is 3.66. The van der Waals surface area contributed by atoms with E-state index in [0.717, 1.165) is 25.7 Å². The first-order valence-electron chi connectivity index (χ1n) is 10.2. The van der Waals surface area contributed by atoms with E-state index in [4.69, 9.17) is 4.74 Å². The van der Waals surface area contributed by atoms with Crippen molar-refractivity contribution in [3.05, 3.63) is 82.9 Å². The second-order valence-electron chi connectivity index (χ2n) is 7.29. The van der Waals surface area contributed by atoms with Gasteiger partial charge in [0.25, 0.3) is 0 Å². The van der Waals surface area contributed by atoms with E-state index in [-0.39, 0.29) is 5.78 Å². The number of aromatic nitrogens is 1. The molecule has 1 heterocycles. The largest absolute Gasteiger partial charge is 0.493 e. The smallest absolute Gasteiger partial charge is 0.195 e. The fourth-order valence-electron chi connectivity index (χ4n) is 3.66. The van der Waals surface area contributed by atoms with E-state index in [0.29, 0.717) is 51.8 Å². The minimum atomic E-state index is -0.0816. The molecule has 0 fully saturated rings. The molecular formula is C25H26N2O2. The van der Waals surface area contributed by atoms with Gasteiger partial charge < -0.3 is 4.74 Å². The summed E-state index contributed by atoms with van der Waals surface area (Å²) in [4.78, 5) is 17.3. The predicted molar refractivity (Wildman–Crippen MR) is 114 cm³/mol. The molecule has 1 aromatic heterocycles. The Morgan fingerprint density at radius 3 is 2.59 bits per heavy atom. The molecule has 1 unspecified atom stereocenters. The number of unbranched alkanes of at least 4 members (excludes halogenated alkanes) is 1. The van der Waals surface area contributed by atoms with E-state index in [1.54, 1.807) is 24.4 Å². The first-order valence-corrected chi connectivity index (χ1v) is 10.2. The molecule has 0 radical (unpaired) electrons. The third-order valence-electron chi connectivity index (χ3n) is 5.41. The quantitative estimate of drug-likeness (QED) is 0.368. The molecule has 0 N–H and O–H groups in total. The van der Waals surface area contributed by atoms with E-state index in [1.165, 1.54) is 0 Å². The van der Waals surface area contributed by atoms with Crippen LogP contribution in [0.3, 0.4) is 0 Å². The van der Waals surface area contributed by atoms with E-state index >= 15 is 0 Å². The maximum absolute atomic E-state index is 12.9. The molecule has 4 nitrogen and oxygen atoms in total. The molecule has 0 saturated heterocycles. The van der Waals surface area contributed by atoms with Crippen LogP contribution in [-0.4, -0.2) is 17.4 Å². The van der Waals surface area contributed by atoms with Gasteiger partial charge in [0.2, 0.25) is 0 Å². The van der Waals surface area contributed by atoms with Crippen molar-refractivity contribution >= 4 is 11.4 Å². The molecule has 2 aromatic rings. The summed E-state index contributed by atoms with van der Waals surface area (Å²) >= 11 is 0. The highest BCUT2D eigenvalue weighted by atomic mass is 16.5. The highest BCUT2D eigenvalue weighted by molar-refractivity contribution is 6.18. The molecule has 0 bridgehead atoms. The van der Waals surface area contributed by atoms with Crippen molar-refractivity contribution in [3.63, 3.8) is 0 Å². The molecule has 0 saturated carbocycles. The molecule has 1 aromatic carbocycles. The van der Waals surface area contributed by atoms with Gasteiger partial charge in [-0.2, -0.15) is 5.26 Å². The zero-order valence-electron chi connectivity index (χ0n) is 17.1. The summed E-state index contributed by atoms with van der Waals surface area (Å²) in [6, 6.07) is 13.1. The number of fused-ring (bicyclic) bond motifs is 2. The van der Waals surface area contributed by atoms with Crippen LogP contribution in [0.25, 0.3) is 5.57 Å². The number of pyridine rings is 1. The zero-order chi connectivity index (χ0) is 20.8. The normalized spacial score (nSPS) is 15.0. The number of rotatable bonds is 8. The fraction of sp³-hybridized carbons (Fsp3) is 0.320. The number of nitriles is 1. The summed E-state index contributed by atoms with van der Waals surface area (Å²) in [6.45, 7) is 8.90. The first-order chi connectivity index (χ1) is 14.1. The van der Waals surface area contributed by atoms with Gasteiger partial charge in [-0.15, -0.1) is 0 Å². The lowest BCUT2D eigenvalue weighted by Crippen LogP contribution is -2.17. The number of allylic oxidation sites excluding steroid dienone is 1. The Morgan fingerprint density at radius 1 is 1.17 bits per heavy atom. The average molecular weight is 386 g/mol. The average Bonchev–Trinajstić information content (AvgIpc) is 2.76. The molecule has 1 atom stereocenters. The van der Waals surface area contributed by atoms with Gasteiger partial charge in [0.15, 0.2) is 5.78 Å². The summed E-state index contributed by atoms with van der Waals surface area (Å²) in [7, 11) is 0. The summed E-state index contributed by atoms with van der Waals surface area (Å²) in [6.07, 6.45) is 6.07. The minimum Gasteiger partial charge on any atom is -0.493 e. The summed E-state index contributed by atoms with van der Waals surface area (Å²) in [5.41, 5.74) is 3.22. The highest BCUT2D eigenvalue weighted by Gasteiger charge is 2.30. The van der Waals surface area contributed by atoms with Gasteiger partial charge in [0.05, 0.1) is 12.3 Å². The number of carbonyl (C=O) groups is 1. The van der Waals surface area contributed by atoms with Crippen LogP contribution in [0.5, 0.6) is 0 Å². The van der Waals surface area contributed by atoms with Crippen LogP contribution in [0, 0.1) is 17.2 Å².